The molecular weight excluding hydrogens is 258 g/mol. The fourth-order valence-electron chi connectivity index (χ4n) is 2.30. The van der Waals surface area contributed by atoms with E-state index in [2.05, 4.69) is 19.6 Å². The van der Waals surface area contributed by atoms with Crippen molar-refractivity contribution in [3.8, 4) is 5.75 Å². The maximum absolute atomic E-state index is 12.2. The summed E-state index contributed by atoms with van der Waals surface area (Å²) in [5.41, 5.74) is 0.892. The Hall–Kier alpha value is -1.16. The average molecular weight is 279 g/mol. The summed E-state index contributed by atoms with van der Waals surface area (Å²) in [7, 11) is 0. The number of hydrogen-bond acceptors (Lipinski definition) is 3. The largest absolute Gasteiger partial charge is 0.479 e. The number of fused-ring (bicyclic) bond motifs is 1. The minimum absolute atomic E-state index is 0.0526. The third-order valence-corrected chi connectivity index (χ3v) is 3.80. The Morgan fingerprint density at radius 2 is 2.11 bits per heavy atom. The predicted molar refractivity (Wildman–Crippen MR) is 81.1 cm³/mol. The molecule has 2 rings (SSSR count). The van der Waals surface area contributed by atoms with Crippen molar-refractivity contribution in [2.45, 2.75) is 32.8 Å². The highest BCUT2D eigenvalue weighted by Crippen LogP contribution is 2.33. The molecule has 4 heteroatoms. The molecule has 0 radical (unpaired) electrons. The standard InChI is InChI=1S/C15H21NO2S/c1-11(8-10-19)7-9-16-13-5-3-4-6-14(13)18-12(2)15(16)17/h3-6,11-12,19H,7-10H2,1-2H3. The van der Waals surface area contributed by atoms with Gasteiger partial charge in [0.2, 0.25) is 0 Å². The minimum atomic E-state index is -0.393. The molecule has 0 aliphatic carbocycles. The molecule has 0 saturated carbocycles. The van der Waals surface area contributed by atoms with Crippen LogP contribution in [0.2, 0.25) is 0 Å². The molecule has 104 valence electrons. The lowest BCUT2D eigenvalue weighted by atomic mass is 10.0. The summed E-state index contributed by atoms with van der Waals surface area (Å²) in [6.45, 7) is 4.76. The summed E-state index contributed by atoms with van der Waals surface area (Å²) < 4.78 is 5.63. The van der Waals surface area contributed by atoms with Crippen molar-refractivity contribution < 1.29 is 9.53 Å². The Morgan fingerprint density at radius 3 is 2.84 bits per heavy atom. The van der Waals surface area contributed by atoms with E-state index < -0.39 is 6.10 Å². The van der Waals surface area contributed by atoms with Crippen LogP contribution in [0.4, 0.5) is 5.69 Å². The number of hydrogen-bond donors (Lipinski definition) is 1. The topological polar surface area (TPSA) is 29.5 Å². The molecule has 1 aliphatic rings. The normalized spacial score (nSPS) is 19.8. The highest BCUT2D eigenvalue weighted by atomic mass is 32.1. The van der Waals surface area contributed by atoms with Crippen LogP contribution in [-0.4, -0.2) is 24.3 Å². The monoisotopic (exact) mass is 279 g/mol. The lowest BCUT2D eigenvalue weighted by Gasteiger charge is -2.33. The van der Waals surface area contributed by atoms with Gasteiger partial charge >= 0.3 is 0 Å². The van der Waals surface area contributed by atoms with Crippen molar-refractivity contribution in [1.82, 2.24) is 0 Å². The van der Waals surface area contributed by atoms with Gasteiger partial charge < -0.3 is 9.64 Å². The van der Waals surface area contributed by atoms with Crippen molar-refractivity contribution in [3.63, 3.8) is 0 Å². The number of para-hydroxylation sites is 2. The average Bonchev–Trinajstić information content (AvgIpc) is 2.39. The number of rotatable bonds is 5. The Kier molecular flexibility index (Phi) is 4.75. The maximum atomic E-state index is 12.2. The van der Waals surface area contributed by atoms with Gasteiger partial charge in [-0.3, -0.25) is 4.79 Å². The van der Waals surface area contributed by atoms with Gasteiger partial charge in [0.1, 0.15) is 5.75 Å². The molecule has 3 nitrogen and oxygen atoms in total. The van der Waals surface area contributed by atoms with E-state index in [0.717, 1.165) is 36.6 Å². The van der Waals surface area contributed by atoms with Crippen LogP contribution in [0.5, 0.6) is 5.75 Å². The van der Waals surface area contributed by atoms with Gasteiger partial charge in [0, 0.05) is 6.54 Å². The van der Waals surface area contributed by atoms with Crippen LogP contribution in [0.25, 0.3) is 0 Å². The molecule has 1 aliphatic heterocycles. The van der Waals surface area contributed by atoms with Gasteiger partial charge in [-0.1, -0.05) is 19.1 Å². The van der Waals surface area contributed by atoms with E-state index in [-0.39, 0.29) is 5.91 Å². The number of benzene rings is 1. The molecule has 2 atom stereocenters. The van der Waals surface area contributed by atoms with Gasteiger partial charge in [-0.25, -0.2) is 0 Å². The Bertz CT molecular complexity index is 450. The number of anilines is 1. The molecule has 0 spiro atoms. The maximum Gasteiger partial charge on any atom is 0.267 e. The molecule has 1 amide bonds. The molecule has 0 fully saturated rings. The zero-order valence-corrected chi connectivity index (χ0v) is 12.4. The summed E-state index contributed by atoms with van der Waals surface area (Å²) in [6, 6.07) is 7.74. The molecule has 1 aromatic rings. The first-order valence-electron chi connectivity index (χ1n) is 6.81. The van der Waals surface area contributed by atoms with Gasteiger partial charge in [0.15, 0.2) is 6.10 Å². The van der Waals surface area contributed by atoms with Crippen LogP contribution in [-0.2, 0) is 4.79 Å². The third kappa shape index (κ3) is 3.24. The summed E-state index contributed by atoms with van der Waals surface area (Å²) in [5, 5.41) is 0. The zero-order valence-electron chi connectivity index (χ0n) is 11.5. The van der Waals surface area contributed by atoms with E-state index in [1.54, 1.807) is 0 Å². The van der Waals surface area contributed by atoms with E-state index in [9.17, 15) is 4.79 Å². The van der Waals surface area contributed by atoms with Gasteiger partial charge in [0.05, 0.1) is 5.69 Å². The first-order valence-corrected chi connectivity index (χ1v) is 7.44. The number of ether oxygens (including phenoxy) is 1. The minimum Gasteiger partial charge on any atom is -0.479 e. The van der Waals surface area contributed by atoms with Crippen molar-refractivity contribution in [1.29, 1.82) is 0 Å². The van der Waals surface area contributed by atoms with Crippen molar-refractivity contribution in [3.05, 3.63) is 24.3 Å². The number of carbonyl (C=O) groups is 1. The van der Waals surface area contributed by atoms with Gasteiger partial charge in [-0.2, -0.15) is 12.6 Å². The second-order valence-corrected chi connectivity index (χ2v) is 5.57. The highest BCUT2D eigenvalue weighted by molar-refractivity contribution is 7.80. The van der Waals surface area contributed by atoms with Crippen LogP contribution in [0.15, 0.2) is 24.3 Å². The Balaban J connectivity index is 2.12. The van der Waals surface area contributed by atoms with Crippen LogP contribution >= 0.6 is 12.6 Å². The summed E-state index contributed by atoms with van der Waals surface area (Å²) in [6.07, 6.45) is 1.68. The predicted octanol–water partition coefficient (Wildman–Crippen LogP) is 3.15. The molecule has 19 heavy (non-hydrogen) atoms. The molecular formula is C15H21NO2S. The summed E-state index contributed by atoms with van der Waals surface area (Å²) in [5.74, 6) is 2.33. The van der Waals surface area contributed by atoms with E-state index in [4.69, 9.17) is 4.74 Å². The van der Waals surface area contributed by atoms with Gasteiger partial charge in [0.25, 0.3) is 5.91 Å². The van der Waals surface area contributed by atoms with Crippen molar-refractivity contribution in [2.75, 3.05) is 17.2 Å². The van der Waals surface area contributed by atoms with Crippen molar-refractivity contribution in [2.24, 2.45) is 5.92 Å². The molecule has 0 aromatic heterocycles. The van der Waals surface area contributed by atoms with Crippen LogP contribution in [0, 0.1) is 5.92 Å². The first kappa shape index (κ1) is 14.3. The smallest absolute Gasteiger partial charge is 0.267 e. The molecule has 1 heterocycles. The number of thiol groups is 1. The molecule has 2 unspecified atom stereocenters. The van der Waals surface area contributed by atoms with Crippen LogP contribution in [0.3, 0.4) is 0 Å². The molecule has 1 aromatic carbocycles. The molecule has 0 N–H and O–H groups in total. The van der Waals surface area contributed by atoms with Crippen molar-refractivity contribution >= 4 is 24.2 Å². The van der Waals surface area contributed by atoms with E-state index >= 15 is 0 Å². The highest BCUT2D eigenvalue weighted by Gasteiger charge is 2.30. The number of amides is 1. The molecule has 0 bridgehead atoms. The Labute approximate surface area is 120 Å². The zero-order chi connectivity index (χ0) is 13.8. The lowest BCUT2D eigenvalue weighted by Crippen LogP contribution is -2.45. The van der Waals surface area contributed by atoms with Crippen LogP contribution < -0.4 is 9.64 Å². The number of carbonyl (C=O) groups excluding carboxylic acids is 1. The second-order valence-electron chi connectivity index (χ2n) is 5.12. The summed E-state index contributed by atoms with van der Waals surface area (Å²) >= 11 is 4.26. The van der Waals surface area contributed by atoms with Gasteiger partial charge in [-0.15, -0.1) is 0 Å². The lowest BCUT2D eigenvalue weighted by molar-refractivity contribution is -0.125. The number of nitrogens with zero attached hydrogens (tertiary/aromatic N) is 1. The second kappa shape index (κ2) is 6.33. The SMILES string of the molecule is CC(CCS)CCN1C(=O)C(C)Oc2ccccc21. The first-order chi connectivity index (χ1) is 9.13. The quantitative estimate of drug-likeness (QED) is 0.839. The van der Waals surface area contributed by atoms with Crippen LogP contribution in [0.1, 0.15) is 26.7 Å². The van der Waals surface area contributed by atoms with Gasteiger partial charge in [-0.05, 0) is 43.6 Å². The summed E-state index contributed by atoms with van der Waals surface area (Å²) in [4.78, 5) is 14.1. The van der Waals surface area contributed by atoms with E-state index in [1.165, 1.54) is 0 Å². The van der Waals surface area contributed by atoms with E-state index in [1.807, 2.05) is 36.1 Å². The fourth-order valence-corrected chi connectivity index (χ4v) is 2.74. The fraction of sp³-hybridized carbons (Fsp3) is 0.533. The van der Waals surface area contributed by atoms with E-state index in [0.29, 0.717) is 5.92 Å². The third-order valence-electron chi connectivity index (χ3n) is 3.54. The Morgan fingerprint density at radius 1 is 1.37 bits per heavy atom. The molecule has 0 saturated heterocycles.